The third-order valence-electron chi connectivity index (χ3n) is 7.87. The van der Waals surface area contributed by atoms with Crippen molar-refractivity contribution in [3.63, 3.8) is 0 Å². The van der Waals surface area contributed by atoms with Gasteiger partial charge in [-0.1, -0.05) is 12.1 Å². The van der Waals surface area contributed by atoms with Gasteiger partial charge in [-0.25, -0.2) is 8.51 Å². The number of likely N-dealkylation sites (N-methyl/N-ethyl adjacent to an activating group) is 2. The zero-order chi connectivity index (χ0) is 27.9. The Labute approximate surface area is 236 Å². The normalized spacial score (nSPS) is 18.6. The summed E-state index contributed by atoms with van der Waals surface area (Å²) in [5, 5.41) is 0. The number of rotatable bonds is 12. The number of nitrogens with zero attached hydrogens (tertiary/aromatic N) is 4. The first-order valence-electron chi connectivity index (χ1n) is 13.9. The zero-order valence-corrected chi connectivity index (χ0v) is 25.0. The van der Waals surface area contributed by atoms with Gasteiger partial charge in [0.1, 0.15) is 23.3 Å². The van der Waals surface area contributed by atoms with Crippen molar-refractivity contribution in [3.8, 4) is 5.75 Å². The van der Waals surface area contributed by atoms with Crippen molar-refractivity contribution < 1.29 is 18.5 Å². The second-order valence-corrected chi connectivity index (χ2v) is 12.3. The monoisotopic (exact) mass is 556 g/mol. The number of amides is 1. The molecule has 0 radical (unpaired) electrons. The second kappa shape index (κ2) is 13.7. The summed E-state index contributed by atoms with van der Waals surface area (Å²) in [7, 11) is 3.91. The van der Waals surface area contributed by atoms with Gasteiger partial charge in [0, 0.05) is 52.0 Å². The Hall–Kier alpha value is -2.46. The molecule has 2 saturated heterocycles. The van der Waals surface area contributed by atoms with Crippen LogP contribution in [0.5, 0.6) is 5.75 Å². The lowest BCUT2D eigenvalue weighted by Gasteiger charge is -2.24. The predicted octanol–water partition coefficient (Wildman–Crippen LogP) is 3.62. The zero-order valence-electron chi connectivity index (χ0n) is 24.1. The van der Waals surface area contributed by atoms with Gasteiger partial charge in [0.15, 0.2) is 0 Å². The molecule has 4 rings (SSSR count). The van der Waals surface area contributed by atoms with Crippen LogP contribution in [0.3, 0.4) is 0 Å². The van der Waals surface area contributed by atoms with Crippen LogP contribution >= 0.6 is 0 Å². The number of hydrogen-bond acceptors (Lipinski definition) is 6. The fourth-order valence-corrected chi connectivity index (χ4v) is 6.78. The Morgan fingerprint density at radius 2 is 1.72 bits per heavy atom. The lowest BCUT2D eigenvalue weighted by Crippen LogP contribution is -2.35. The molecule has 39 heavy (non-hydrogen) atoms. The van der Waals surface area contributed by atoms with E-state index in [0.717, 1.165) is 40.4 Å². The third-order valence-corrected chi connectivity index (χ3v) is 9.61. The molecule has 0 bridgehead atoms. The average Bonchev–Trinajstić information content (AvgIpc) is 3.63. The molecule has 1 amide bonds. The highest BCUT2D eigenvalue weighted by molar-refractivity contribution is 7.82. The van der Waals surface area contributed by atoms with Crippen LogP contribution in [0, 0.1) is 13.8 Å². The molecule has 2 aromatic rings. The minimum Gasteiger partial charge on any atom is -0.497 e. The summed E-state index contributed by atoms with van der Waals surface area (Å²) in [5.41, 5.74) is 4.22. The van der Waals surface area contributed by atoms with Gasteiger partial charge < -0.3 is 19.3 Å². The second-order valence-electron chi connectivity index (χ2n) is 10.8. The Bertz CT molecular complexity index is 1110. The first kappa shape index (κ1) is 29.5. The molecule has 2 aliphatic heterocycles. The number of methoxy groups -OCH3 is 1. The molecule has 0 saturated carbocycles. The molecular formula is C30H44N4O4S. The van der Waals surface area contributed by atoms with E-state index >= 15 is 0 Å². The van der Waals surface area contributed by atoms with Crippen molar-refractivity contribution in [3.05, 3.63) is 53.1 Å². The number of hydrogen-bond donors (Lipinski definition) is 0. The van der Waals surface area contributed by atoms with E-state index in [2.05, 4.69) is 34.1 Å². The molecule has 0 aromatic heterocycles. The summed E-state index contributed by atoms with van der Waals surface area (Å²) in [6.07, 6.45) is 3.92. The lowest BCUT2D eigenvalue weighted by atomic mass is 10.1. The van der Waals surface area contributed by atoms with Crippen molar-refractivity contribution in [1.82, 2.24) is 14.1 Å². The summed E-state index contributed by atoms with van der Waals surface area (Å²) < 4.78 is 25.8. The standard InChI is InChI=1S/C30H44N4O4S/c1-23-18-28(37-5)19-24(2)30(23)39(36)32(4)16-17-38-22-29(35)31(3)20-25-8-10-26(11-9-25)34-15-12-27(21-34)33-13-6-7-14-33/h8-11,18-19,27H,6-7,12-17,20-22H2,1-5H3. The lowest BCUT2D eigenvalue weighted by molar-refractivity contribution is -0.135. The highest BCUT2D eigenvalue weighted by atomic mass is 32.2. The first-order chi connectivity index (χ1) is 18.8. The van der Waals surface area contributed by atoms with Gasteiger partial charge in [0.2, 0.25) is 5.91 Å². The average molecular weight is 557 g/mol. The highest BCUT2D eigenvalue weighted by Crippen LogP contribution is 2.27. The van der Waals surface area contributed by atoms with Gasteiger partial charge in [0.25, 0.3) is 0 Å². The van der Waals surface area contributed by atoms with E-state index in [1.807, 2.05) is 26.0 Å². The van der Waals surface area contributed by atoms with E-state index in [1.165, 1.54) is 38.0 Å². The maximum absolute atomic E-state index is 13.1. The number of carbonyl (C=O) groups excluding carboxylic acids is 1. The van der Waals surface area contributed by atoms with Crippen LogP contribution < -0.4 is 9.64 Å². The molecule has 2 aromatic carbocycles. The smallest absolute Gasteiger partial charge is 0.248 e. The maximum Gasteiger partial charge on any atom is 0.248 e. The number of aryl methyl sites for hydroxylation is 2. The summed E-state index contributed by atoms with van der Waals surface area (Å²) in [6, 6.07) is 13.1. The van der Waals surface area contributed by atoms with E-state index < -0.39 is 11.0 Å². The minimum absolute atomic E-state index is 0.00131. The predicted molar refractivity (Wildman–Crippen MR) is 157 cm³/mol. The highest BCUT2D eigenvalue weighted by Gasteiger charge is 2.29. The van der Waals surface area contributed by atoms with Crippen LogP contribution in [0.2, 0.25) is 0 Å². The summed E-state index contributed by atoms with van der Waals surface area (Å²) in [4.78, 5) is 20.3. The van der Waals surface area contributed by atoms with Crippen molar-refractivity contribution in [2.24, 2.45) is 0 Å². The van der Waals surface area contributed by atoms with Crippen LogP contribution in [-0.4, -0.2) is 97.4 Å². The molecule has 0 aliphatic carbocycles. The van der Waals surface area contributed by atoms with Gasteiger partial charge >= 0.3 is 0 Å². The van der Waals surface area contributed by atoms with E-state index in [1.54, 1.807) is 30.4 Å². The Morgan fingerprint density at radius 3 is 2.36 bits per heavy atom. The summed E-state index contributed by atoms with van der Waals surface area (Å²) in [6.45, 7) is 9.90. The summed E-state index contributed by atoms with van der Waals surface area (Å²) in [5.74, 6) is 0.686. The van der Waals surface area contributed by atoms with Gasteiger partial charge in [-0.05, 0) is 87.2 Å². The molecule has 2 unspecified atom stereocenters. The van der Waals surface area contributed by atoms with E-state index in [9.17, 15) is 9.00 Å². The van der Waals surface area contributed by atoms with Gasteiger partial charge in [0.05, 0.1) is 18.6 Å². The number of anilines is 1. The largest absolute Gasteiger partial charge is 0.497 e. The fourth-order valence-electron chi connectivity index (χ4n) is 5.56. The first-order valence-corrected chi connectivity index (χ1v) is 15.1. The summed E-state index contributed by atoms with van der Waals surface area (Å²) >= 11 is 0. The molecule has 0 N–H and O–H groups in total. The van der Waals surface area contributed by atoms with Crippen molar-refractivity contribution in [2.45, 2.75) is 50.6 Å². The fraction of sp³-hybridized carbons (Fsp3) is 0.567. The van der Waals surface area contributed by atoms with Crippen molar-refractivity contribution in [1.29, 1.82) is 0 Å². The number of carbonyl (C=O) groups is 1. The number of ether oxygens (including phenoxy) is 2. The SMILES string of the molecule is COc1cc(C)c(S(=O)N(C)CCOCC(=O)N(C)Cc2ccc(N3CCC(N4CCCC4)C3)cc2)c(C)c1. The quantitative estimate of drug-likeness (QED) is 0.372. The molecular weight excluding hydrogens is 512 g/mol. The maximum atomic E-state index is 13.1. The molecule has 2 aliphatic rings. The Morgan fingerprint density at radius 1 is 1.05 bits per heavy atom. The van der Waals surface area contributed by atoms with Crippen molar-refractivity contribution in [2.75, 3.05) is 72.0 Å². The molecule has 214 valence electrons. The number of benzene rings is 2. The van der Waals surface area contributed by atoms with Crippen LogP contribution in [0.4, 0.5) is 5.69 Å². The van der Waals surface area contributed by atoms with Crippen LogP contribution in [-0.2, 0) is 27.1 Å². The molecule has 2 heterocycles. The Balaban J connectivity index is 1.18. The molecule has 2 fully saturated rings. The minimum atomic E-state index is -1.32. The molecule has 2 atom stereocenters. The Kier molecular flexibility index (Phi) is 10.4. The van der Waals surface area contributed by atoms with E-state index in [4.69, 9.17) is 9.47 Å². The van der Waals surface area contributed by atoms with Gasteiger partial charge in [-0.3, -0.25) is 9.69 Å². The van der Waals surface area contributed by atoms with Gasteiger partial charge in [-0.15, -0.1) is 0 Å². The topological polar surface area (TPSA) is 65.6 Å². The van der Waals surface area contributed by atoms with E-state index in [-0.39, 0.29) is 12.5 Å². The molecule has 8 nitrogen and oxygen atoms in total. The molecule has 9 heteroatoms. The third kappa shape index (κ3) is 7.60. The van der Waals surface area contributed by atoms with Crippen LogP contribution in [0.25, 0.3) is 0 Å². The van der Waals surface area contributed by atoms with Crippen LogP contribution in [0.1, 0.15) is 36.0 Å². The van der Waals surface area contributed by atoms with E-state index in [0.29, 0.717) is 25.7 Å². The number of likely N-dealkylation sites (tertiary alicyclic amines) is 1. The molecule has 0 spiro atoms. The van der Waals surface area contributed by atoms with Crippen LogP contribution in [0.15, 0.2) is 41.3 Å². The van der Waals surface area contributed by atoms with Gasteiger partial charge in [-0.2, -0.15) is 0 Å². The van der Waals surface area contributed by atoms with Crippen molar-refractivity contribution >= 4 is 22.6 Å².